The van der Waals surface area contributed by atoms with Gasteiger partial charge in [-0.2, -0.15) is 0 Å². The van der Waals surface area contributed by atoms with Gasteiger partial charge in [0.2, 0.25) is 0 Å². The second-order valence-corrected chi connectivity index (χ2v) is 16.2. The van der Waals surface area contributed by atoms with Crippen LogP contribution in [-0.4, -0.2) is 9.97 Å². The maximum atomic E-state index is 5.49. The van der Waals surface area contributed by atoms with Crippen LogP contribution in [0.4, 0.5) is 0 Å². The van der Waals surface area contributed by atoms with Crippen molar-refractivity contribution in [2.75, 3.05) is 0 Å². The summed E-state index contributed by atoms with van der Waals surface area (Å²) in [4.78, 5) is 11.0. The van der Waals surface area contributed by atoms with Gasteiger partial charge in [0.1, 0.15) is 22.1 Å². The Morgan fingerprint density at radius 1 is 0.348 bits per heavy atom. The van der Waals surface area contributed by atoms with E-state index in [1.54, 1.807) is 0 Å². The van der Waals surface area contributed by atoms with Crippen LogP contribution in [0.25, 0.3) is 43.6 Å². The highest BCUT2D eigenvalue weighted by Gasteiger charge is 2.21. The number of nitrogens with zero attached hydrogens (tertiary/aromatic N) is 2. The molecule has 230 valence electrons. The second-order valence-electron chi connectivity index (χ2n) is 16.2. The predicted octanol–water partition coefficient (Wildman–Crippen LogP) is 10.7. The molecule has 0 aliphatic rings. The van der Waals surface area contributed by atoms with Crippen molar-refractivity contribution in [2.45, 2.75) is 83.1 Å². The average molecular weight is 601 g/mol. The summed E-state index contributed by atoms with van der Waals surface area (Å²) in [5.74, 6) is 28.1. The number of hydrogen-bond donors (Lipinski definition) is 0. The van der Waals surface area contributed by atoms with Crippen molar-refractivity contribution in [3.63, 3.8) is 0 Å². The molecule has 5 aromatic rings. The van der Waals surface area contributed by atoms with E-state index in [-0.39, 0.29) is 21.7 Å². The average Bonchev–Trinajstić information content (AvgIpc) is 2.93. The molecule has 0 spiro atoms. The number of fused-ring (bicyclic) bond motifs is 4. The zero-order chi connectivity index (χ0) is 33.7. The normalized spacial score (nSPS) is 12.1. The quantitative estimate of drug-likeness (QED) is 0.131. The van der Waals surface area contributed by atoms with Crippen molar-refractivity contribution in [1.82, 2.24) is 9.97 Å². The molecule has 0 fully saturated rings. The summed E-state index contributed by atoms with van der Waals surface area (Å²) < 4.78 is 0. The van der Waals surface area contributed by atoms with Gasteiger partial charge in [0, 0.05) is 43.2 Å². The van der Waals surface area contributed by atoms with E-state index in [4.69, 9.17) is 9.97 Å². The van der Waals surface area contributed by atoms with E-state index in [9.17, 15) is 0 Å². The van der Waals surface area contributed by atoms with Crippen molar-refractivity contribution in [3.8, 4) is 47.4 Å². The SMILES string of the molecule is CC(C)(C)C#Cc1c2ccccc2c(C#CC(C)(C)C)c2nc3c(C#CC(C)(C)C)c4ccccc4c(C#CC(C)(C)C)c3nc12. The Balaban J connectivity index is 2.14. The molecule has 0 atom stereocenters. The molecule has 1 aromatic heterocycles. The van der Waals surface area contributed by atoms with Crippen molar-refractivity contribution < 1.29 is 0 Å². The first-order valence-electron chi connectivity index (χ1n) is 16.0. The van der Waals surface area contributed by atoms with Crippen molar-refractivity contribution in [2.24, 2.45) is 21.7 Å². The minimum atomic E-state index is -0.197. The van der Waals surface area contributed by atoms with Gasteiger partial charge in [0.15, 0.2) is 0 Å². The topological polar surface area (TPSA) is 25.8 Å². The lowest BCUT2D eigenvalue weighted by molar-refractivity contribution is 0.570. The van der Waals surface area contributed by atoms with E-state index in [1.807, 2.05) is 0 Å². The molecule has 0 saturated heterocycles. The molecule has 0 aliphatic heterocycles. The predicted molar refractivity (Wildman–Crippen MR) is 197 cm³/mol. The fraction of sp³-hybridized carbons (Fsp3) is 0.364. The maximum Gasteiger partial charge on any atom is 0.107 e. The van der Waals surface area contributed by atoms with E-state index in [2.05, 4.69) is 179 Å². The zero-order valence-corrected chi connectivity index (χ0v) is 29.5. The number of hydrogen-bond acceptors (Lipinski definition) is 2. The Morgan fingerprint density at radius 2 is 0.543 bits per heavy atom. The molecular formula is C44H44N2. The Kier molecular flexibility index (Phi) is 8.19. The van der Waals surface area contributed by atoms with Gasteiger partial charge in [0.05, 0.1) is 22.3 Å². The molecule has 0 bridgehead atoms. The summed E-state index contributed by atoms with van der Waals surface area (Å²) >= 11 is 0. The fourth-order valence-corrected chi connectivity index (χ4v) is 4.99. The van der Waals surface area contributed by atoms with Crippen LogP contribution in [-0.2, 0) is 0 Å². The van der Waals surface area contributed by atoms with Gasteiger partial charge in [-0.15, -0.1) is 0 Å². The molecule has 4 aromatic carbocycles. The van der Waals surface area contributed by atoms with Crippen LogP contribution in [0.5, 0.6) is 0 Å². The molecule has 46 heavy (non-hydrogen) atoms. The number of benzene rings is 4. The van der Waals surface area contributed by atoms with Crippen LogP contribution in [0, 0.1) is 69.0 Å². The maximum absolute atomic E-state index is 5.49. The van der Waals surface area contributed by atoms with E-state index in [0.29, 0.717) is 0 Å². The second kappa shape index (κ2) is 11.6. The van der Waals surface area contributed by atoms with Gasteiger partial charge in [0.25, 0.3) is 0 Å². The number of aromatic nitrogens is 2. The standard InChI is InChI=1S/C44H44N2/c1-41(2,3)25-21-33-29-17-13-14-18-30(29)34(22-26-42(4,5)6)38-37(33)45-39-35(23-27-43(7,8)9)31-19-15-16-20-32(31)36(40(39)46-38)24-28-44(10,11)12/h13-20H,1-12H3. The van der Waals surface area contributed by atoms with Crippen molar-refractivity contribution in [3.05, 3.63) is 70.8 Å². The Bertz CT molecular complexity index is 1970. The van der Waals surface area contributed by atoms with Crippen LogP contribution in [0.15, 0.2) is 48.5 Å². The first-order valence-corrected chi connectivity index (χ1v) is 16.0. The minimum Gasteiger partial charge on any atom is -0.242 e. The van der Waals surface area contributed by atoms with Gasteiger partial charge in [-0.05, 0) is 83.1 Å². The van der Waals surface area contributed by atoms with Gasteiger partial charge in [-0.25, -0.2) is 9.97 Å². The Labute approximate surface area is 275 Å². The molecule has 1 heterocycles. The fourth-order valence-electron chi connectivity index (χ4n) is 4.99. The van der Waals surface area contributed by atoms with Gasteiger partial charge >= 0.3 is 0 Å². The zero-order valence-electron chi connectivity index (χ0n) is 29.5. The molecule has 0 radical (unpaired) electrons. The number of rotatable bonds is 0. The lowest BCUT2D eigenvalue weighted by atomic mass is 9.91. The van der Waals surface area contributed by atoms with Crippen LogP contribution in [0.1, 0.15) is 105 Å². The molecular weight excluding hydrogens is 556 g/mol. The lowest BCUT2D eigenvalue weighted by Gasteiger charge is -2.16. The first-order chi connectivity index (χ1) is 21.3. The Hall–Kier alpha value is -4.76. The van der Waals surface area contributed by atoms with Crippen molar-refractivity contribution >= 4 is 43.6 Å². The van der Waals surface area contributed by atoms with E-state index in [0.717, 1.165) is 65.9 Å². The van der Waals surface area contributed by atoms with Gasteiger partial charge in [-0.3, -0.25) is 0 Å². The first kappa shape index (κ1) is 32.6. The monoisotopic (exact) mass is 600 g/mol. The van der Waals surface area contributed by atoms with Crippen LogP contribution in [0.3, 0.4) is 0 Å². The minimum absolute atomic E-state index is 0.197. The van der Waals surface area contributed by atoms with E-state index in [1.165, 1.54) is 0 Å². The van der Waals surface area contributed by atoms with Gasteiger partial charge in [-0.1, -0.05) is 95.9 Å². The highest BCUT2D eigenvalue weighted by Crippen LogP contribution is 2.36. The third-order valence-corrected chi connectivity index (χ3v) is 7.02. The molecule has 0 saturated carbocycles. The summed E-state index contributed by atoms with van der Waals surface area (Å²) in [6.07, 6.45) is 0. The molecule has 0 unspecified atom stereocenters. The summed E-state index contributed by atoms with van der Waals surface area (Å²) in [7, 11) is 0. The summed E-state index contributed by atoms with van der Waals surface area (Å²) in [5.41, 5.74) is 5.63. The van der Waals surface area contributed by atoms with Crippen LogP contribution >= 0.6 is 0 Å². The highest BCUT2D eigenvalue weighted by molar-refractivity contribution is 6.12. The molecule has 5 rings (SSSR count). The van der Waals surface area contributed by atoms with Crippen molar-refractivity contribution in [1.29, 1.82) is 0 Å². The summed E-state index contributed by atoms with van der Waals surface area (Å²) in [6.45, 7) is 25.5. The highest BCUT2D eigenvalue weighted by atomic mass is 14.8. The molecule has 0 amide bonds. The summed E-state index contributed by atoms with van der Waals surface area (Å²) in [6, 6.07) is 16.7. The van der Waals surface area contributed by atoms with E-state index < -0.39 is 0 Å². The van der Waals surface area contributed by atoms with Crippen LogP contribution in [0.2, 0.25) is 0 Å². The summed E-state index contributed by atoms with van der Waals surface area (Å²) in [5, 5.41) is 4.09. The van der Waals surface area contributed by atoms with Crippen LogP contribution < -0.4 is 0 Å². The van der Waals surface area contributed by atoms with E-state index >= 15 is 0 Å². The largest absolute Gasteiger partial charge is 0.242 e. The third-order valence-electron chi connectivity index (χ3n) is 7.02. The molecule has 0 aliphatic carbocycles. The molecule has 2 nitrogen and oxygen atoms in total. The van der Waals surface area contributed by atoms with Gasteiger partial charge < -0.3 is 0 Å². The third kappa shape index (κ3) is 7.21. The molecule has 2 heteroatoms. The molecule has 0 N–H and O–H groups in total. The smallest absolute Gasteiger partial charge is 0.107 e. The Morgan fingerprint density at radius 3 is 0.717 bits per heavy atom. The lowest BCUT2D eigenvalue weighted by Crippen LogP contribution is -2.04.